The number of anilines is 1. The first-order chi connectivity index (χ1) is 12.0. The zero-order chi connectivity index (χ0) is 17.6. The third-order valence-corrected chi connectivity index (χ3v) is 4.85. The van der Waals surface area contributed by atoms with Crippen LogP contribution in [0.4, 0.5) is 5.13 Å². The first-order valence-corrected chi connectivity index (χ1v) is 8.55. The molecule has 4 aromatic rings. The lowest BCUT2D eigenvalue weighted by Gasteiger charge is -2.02. The molecule has 1 amide bonds. The Bertz CT molecular complexity index is 1190. The second kappa shape index (κ2) is 5.82. The molecule has 0 saturated carbocycles. The van der Waals surface area contributed by atoms with E-state index in [1.54, 1.807) is 24.3 Å². The van der Waals surface area contributed by atoms with E-state index in [1.165, 1.54) is 11.3 Å². The zero-order valence-electron chi connectivity index (χ0n) is 13.6. The van der Waals surface area contributed by atoms with Crippen molar-refractivity contribution in [3.8, 4) is 0 Å². The van der Waals surface area contributed by atoms with E-state index in [0.717, 1.165) is 21.3 Å². The van der Waals surface area contributed by atoms with E-state index in [0.29, 0.717) is 16.1 Å². The molecular formula is C19H14N2O3S. The standard InChI is InChI=1S/C19H14N2O3S/c1-10-7-11(2)16-15(8-10)25-19(20-16)21-17(22)13-9-12-5-3-4-6-14(12)24-18(13)23/h3-9H,1-2H3,(H,20,21,22). The van der Waals surface area contributed by atoms with Gasteiger partial charge in [-0.25, -0.2) is 9.78 Å². The molecule has 1 N–H and O–H groups in total. The Hall–Kier alpha value is -2.99. The summed E-state index contributed by atoms with van der Waals surface area (Å²) >= 11 is 1.38. The molecule has 0 bridgehead atoms. The van der Waals surface area contributed by atoms with Gasteiger partial charge in [-0.05, 0) is 43.2 Å². The average Bonchev–Trinajstić information content (AvgIpc) is 2.96. The second-order valence-electron chi connectivity index (χ2n) is 5.89. The Kier molecular flexibility index (Phi) is 3.62. The molecule has 2 aromatic heterocycles. The van der Waals surface area contributed by atoms with Crippen LogP contribution in [0.3, 0.4) is 0 Å². The SMILES string of the molecule is Cc1cc(C)c2nc(NC(=O)c3cc4ccccc4oc3=O)sc2c1. The molecule has 0 saturated heterocycles. The summed E-state index contributed by atoms with van der Waals surface area (Å²) in [6.07, 6.45) is 0. The number of carbonyl (C=O) groups excluding carboxylic acids is 1. The average molecular weight is 350 g/mol. The van der Waals surface area contributed by atoms with Crippen molar-refractivity contribution in [1.82, 2.24) is 4.98 Å². The Labute approximate surface area is 146 Å². The Morgan fingerprint density at radius 2 is 1.96 bits per heavy atom. The van der Waals surface area contributed by atoms with Gasteiger partial charge in [-0.15, -0.1) is 0 Å². The molecule has 0 aliphatic rings. The Morgan fingerprint density at radius 3 is 2.80 bits per heavy atom. The number of thiazole rings is 1. The molecule has 0 unspecified atom stereocenters. The van der Waals surface area contributed by atoms with Gasteiger partial charge >= 0.3 is 5.63 Å². The molecule has 25 heavy (non-hydrogen) atoms. The maximum absolute atomic E-state index is 12.5. The molecule has 0 atom stereocenters. The van der Waals surface area contributed by atoms with E-state index in [-0.39, 0.29) is 5.56 Å². The highest BCUT2D eigenvalue weighted by Crippen LogP contribution is 2.29. The van der Waals surface area contributed by atoms with Crippen LogP contribution in [-0.4, -0.2) is 10.9 Å². The molecule has 0 aliphatic carbocycles. The number of carbonyl (C=O) groups is 1. The first kappa shape index (κ1) is 15.5. The number of amides is 1. The van der Waals surface area contributed by atoms with Crippen LogP contribution < -0.4 is 10.9 Å². The van der Waals surface area contributed by atoms with Crippen LogP contribution in [0.15, 0.2) is 51.7 Å². The van der Waals surface area contributed by atoms with Crippen molar-refractivity contribution in [3.63, 3.8) is 0 Å². The number of nitrogens with zero attached hydrogens (tertiary/aromatic N) is 1. The van der Waals surface area contributed by atoms with Gasteiger partial charge in [0.1, 0.15) is 11.1 Å². The molecule has 2 aromatic carbocycles. The van der Waals surface area contributed by atoms with E-state index in [4.69, 9.17) is 4.42 Å². The van der Waals surface area contributed by atoms with Crippen molar-refractivity contribution in [2.45, 2.75) is 13.8 Å². The normalized spacial score (nSPS) is 11.1. The lowest BCUT2D eigenvalue weighted by molar-refractivity contribution is 0.102. The van der Waals surface area contributed by atoms with Gasteiger partial charge in [0.05, 0.1) is 10.2 Å². The van der Waals surface area contributed by atoms with E-state index >= 15 is 0 Å². The van der Waals surface area contributed by atoms with Gasteiger partial charge in [-0.3, -0.25) is 10.1 Å². The van der Waals surface area contributed by atoms with Crippen LogP contribution in [-0.2, 0) is 0 Å². The van der Waals surface area contributed by atoms with Gasteiger partial charge < -0.3 is 4.42 Å². The van der Waals surface area contributed by atoms with Crippen LogP contribution in [0.5, 0.6) is 0 Å². The van der Waals surface area contributed by atoms with E-state index < -0.39 is 11.5 Å². The number of aromatic nitrogens is 1. The largest absolute Gasteiger partial charge is 0.422 e. The molecule has 5 nitrogen and oxygen atoms in total. The summed E-state index contributed by atoms with van der Waals surface area (Å²) < 4.78 is 6.21. The van der Waals surface area contributed by atoms with Gasteiger partial charge in [-0.1, -0.05) is 35.6 Å². The highest BCUT2D eigenvalue weighted by molar-refractivity contribution is 7.22. The van der Waals surface area contributed by atoms with Gasteiger partial charge in [0.2, 0.25) is 0 Å². The summed E-state index contributed by atoms with van der Waals surface area (Å²) in [6, 6.07) is 12.7. The molecular weight excluding hydrogens is 336 g/mol. The summed E-state index contributed by atoms with van der Waals surface area (Å²) in [6.45, 7) is 4.00. The second-order valence-corrected chi connectivity index (χ2v) is 6.92. The molecule has 0 aliphatic heterocycles. The number of hydrogen-bond donors (Lipinski definition) is 1. The minimum Gasteiger partial charge on any atom is -0.422 e. The summed E-state index contributed by atoms with van der Waals surface area (Å²) in [7, 11) is 0. The molecule has 0 radical (unpaired) electrons. The van der Waals surface area contributed by atoms with Crippen molar-refractivity contribution in [3.05, 3.63) is 69.6 Å². The van der Waals surface area contributed by atoms with E-state index in [9.17, 15) is 9.59 Å². The summed E-state index contributed by atoms with van der Waals surface area (Å²) in [4.78, 5) is 29.1. The van der Waals surface area contributed by atoms with Crippen LogP contribution in [0.1, 0.15) is 21.5 Å². The highest BCUT2D eigenvalue weighted by atomic mass is 32.1. The van der Waals surface area contributed by atoms with Gasteiger partial charge in [0.25, 0.3) is 5.91 Å². The number of hydrogen-bond acceptors (Lipinski definition) is 5. The third-order valence-electron chi connectivity index (χ3n) is 3.94. The van der Waals surface area contributed by atoms with Crippen LogP contribution >= 0.6 is 11.3 Å². The summed E-state index contributed by atoms with van der Waals surface area (Å²) in [5.74, 6) is -0.520. The van der Waals surface area contributed by atoms with E-state index in [1.807, 2.05) is 32.0 Å². The lowest BCUT2D eigenvalue weighted by Crippen LogP contribution is -2.20. The Balaban J connectivity index is 1.71. The highest BCUT2D eigenvalue weighted by Gasteiger charge is 2.16. The molecule has 6 heteroatoms. The molecule has 0 fully saturated rings. The monoisotopic (exact) mass is 350 g/mol. The maximum Gasteiger partial charge on any atom is 0.349 e. The fourth-order valence-electron chi connectivity index (χ4n) is 2.81. The van der Waals surface area contributed by atoms with Gasteiger partial charge in [0, 0.05) is 5.39 Å². The van der Waals surface area contributed by atoms with Crippen LogP contribution in [0.2, 0.25) is 0 Å². The predicted molar refractivity (Wildman–Crippen MR) is 99.5 cm³/mol. The number of aryl methyl sites for hydroxylation is 2. The van der Waals surface area contributed by atoms with Crippen molar-refractivity contribution >= 4 is 43.6 Å². The van der Waals surface area contributed by atoms with Gasteiger partial charge in [-0.2, -0.15) is 0 Å². The maximum atomic E-state index is 12.5. The number of nitrogens with one attached hydrogen (secondary N) is 1. The zero-order valence-corrected chi connectivity index (χ0v) is 14.4. The number of fused-ring (bicyclic) bond motifs is 2. The quantitative estimate of drug-likeness (QED) is 0.548. The predicted octanol–water partition coefficient (Wildman–Crippen LogP) is 4.27. The van der Waals surface area contributed by atoms with Crippen molar-refractivity contribution in [2.24, 2.45) is 0 Å². The molecule has 2 heterocycles. The number of rotatable bonds is 2. The van der Waals surface area contributed by atoms with Gasteiger partial charge in [0.15, 0.2) is 5.13 Å². The fourth-order valence-corrected chi connectivity index (χ4v) is 3.85. The molecule has 0 spiro atoms. The minimum absolute atomic E-state index is 0.0362. The summed E-state index contributed by atoms with van der Waals surface area (Å²) in [5.41, 5.74) is 2.81. The van der Waals surface area contributed by atoms with Crippen molar-refractivity contribution < 1.29 is 9.21 Å². The van der Waals surface area contributed by atoms with Crippen molar-refractivity contribution in [2.75, 3.05) is 5.32 Å². The smallest absolute Gasteiger partial charge is 0.349 e. The summed E-state index contributed by atoms with van der Waals surface area (Å²) in [5, 5.41) is 3.87. The number of benzene rings is 2. The fraction of sp³-hybridized carbons (Fsp3) is 0.105. The third kappa shape index (κ3) is 2.81. The lowest BCUT2D eigenvalue weighted by atomic mass is 10.1. The number of para-hydroxylation sites is 1. The van der Waals surface area contributed by atoms with E-state index in [2.05, 4.69) is 10.3 Å². The van der Waals surface area contributed by atoms with Crippen molar-refractivity contribution in [1.29, 1.82) is 0 Å². The Morgan fingerprint density at radius 1 is 1.16 bits per heavy atom. The topological polar surface area (TPSA) is 72.2 Å². The molecule has 4 rings (SSSR count). The van der Waals surface area contributed by atoms with Crippen LogP contribution in [0.25, 0.3) is 21.2 Å². The minimum atomic E-state index is -0.663. The first-order valence-electron chi connectivity index (χ1n) is 7.73. The molecule has 124 valence electrons. The van der Waals surface area contributed by atoms with Crippen LogP contribution in [0, 0.1) is 13.8 Å².